The van der Waals surface area contributed by atoms with Gasteiger partial charge in [0.25, 0.3) is 0 Å². The topological polar surface area (TPSA) is 79.9 Å². The van der Waals surface area contributed by atoms with Gasteiger partial charge in [0.15, 0.2) is 0 Å². The molecule has 0 fully saturated rings. The highest BCUT2D eigenvalue weighted by atomic mass is 16.5. The van der Waals surface area contributed by atoms with Crippen LogP contribution in [0.3, 0.4) is 0 Å². The average molecular weight is 264 g/mol. The van der Waals surface area contributed by atoms with Gasteiger partial charge in [-0.1, -0.05) is 5.92 Å². The van der Waals surface area contributed by atoms with Crippen molar-refractivity contribution in [3.8, 4) is 11.8 Å². The number of Topliss-reactive ketones (excluding diaryl/α,β-unsaturated/α-hetero) is 1. The molecule has 0 unspecified atom stereocenters. The molecule has 0 atom stereocenters. The average Bonchev–Trinajstić information content (AvgIpc) is 2.90. The van der Waals surface area contributed by atoms with Gasteiger partial charge in [0.2, 0.25) is 5.78 Å². The molecule has 1 rings (SSSR count). The van der Waals surface area contributed by atoms with Crippen LogP contribution in [0.1, 0.15) is 25.5 Å². The van der Waals surface area contributed by atoms with Gasteiger partial charge >= 0.3 is 0 Å². The van der Waals surface area contributed by atoms with Crippen molar-refractivity contribution in [3.05, 3.63) is 11.9 Å². The predicted molar refractivity (Wildman–Crippen MR) is 71.5 cm³/mol. The monoisotopic (exact) mass is 264 g/mol. The maximum atomic E-state index is 11.0. The molecule has 0 radical (unpaired) electrons. The summed E-state index contributed by atoms with van der Waals surface area (Å²) in [5.74, 6) is 4.83. The molecule has 2 N–H and O–H groups in total. The molecule has 104 valence electrons. The second-order valence-corrected chi connectivity index (χ2v) is 4.02. The first kappa shape index (κ1) is 15.3. The number of nitrogens with one attached hydrogen (secondary N) is 2. The van der Waals surface area contributed by atoms with E-state index < -0.39 is 0 Å². The molecule has 19 heavy (non-hydrogen) atoms. The predicted octanol–water partition coefficient (Wildman–Crippen LogP) is 0.326. The molecule has 1 heterocycles. The minimum absolute atomic E-state index is 0.0976. The summed E-state index contributed by atoms with van der Waals surface area (Å²) in [7, 11) is 0. The number of ketones is 1. The number of nitrogens with zero attached hydrogens (tertiary/aromatic N) is 2. The van der Waals surface area contributed by atoms with E-state index in [0.29, 0.717) is 6.61 Å². The van der Waals surface area contributed by atoms with E-state index in [1.807, 2.05) is 0 Å². The standard InChI is InChI=1S/C13H20N4O2/c1-2-5-13(18)11-19-9-4-3-7-14-8-6-12-10-15-17-16-12/h10,14H,3-4,6-9,11H2,1H3,(H,15,16,17). The molecule has 6 heteroatoms. The van der Waals surface area contributed by atoms with Gasteiger partial charge in [0, 0.05) is 19.6 Å². The quantitative estimate of drug-likeness (QED) is 0.361. The minimum Gasteiger partial charge on any atom is -0.373 e. The Morgan fingerprint density at radius 1 is 1.47 bits per heavy atom. The van der Waals surface area contributed by atoms with Crippen LogP contribution in [0.4, 0.5) is 0 Å². The molecule has 0 aliphatic heterocycles. The maximum absolute atomic E-state index is 11.0. The zero-order valence-corrected chi connectivity index (χ0v) is 11.2. The van der Waals surface area contributed by atoms with Crippen molar-refractivity contribution in [1.29, 1.82) is 0 Å². The van der Waals surface area contributed by atoms with E-state index in [1.165, 1.54) is 0 Å². The Hall–Kier alpha value is -1.71. The Labute approximate surface area is 113 Å². The number of ether oxygens (including phenoxy) is 1. The minimum atomic E-state index is -0.159. The largest absolute Gasteiger partial charge is 0.373 e. The number of aromatic nitrogens is 3. The van der Waals surface area contributed by atoms with Crippen LogP contribution >= 0.6 is 0 Å². The van der Waals surface area contributed by atoms with Crippen LogP contribution in [-0.2, 0) is 16.0 Å². The van der Waals surface area contributed by atoms with Gasteiger partial charge in [-0.2, -0.15) is 15.4 Å². The van der Waals surface area contributed by atoms with Gasteiger partial charge in [-0.3, -0.25) is 4.79 Å². The third-order valence-electron chi connectivity index (χ3n) is 2.41. The van der Waals surface area contributed by atoms with Gasteiger partial charge in [-0.15, -0.1) is 0 Å². The normalized spacial score (nSPS) is 9.95. The highest BCUT2D eigenvalue weighted by molar-refractivity contribution is 5.96. The smallest absolute Gasteiger partial charge is 0.231 e. The van der Waals surface area contributed by atoms with E-state index in [4.69, 9.17) is 4.74 Å². The molecule has 0 aliphatic carbocycles. The number of H-pyrrole nitrogens is 1. The highest BCUT2D eigenvalue weighted by Crippen LogP contribution is 1.91. The third-order valence-corrected chi connectivity index (χ3v) is 2.41. The third kappa shape index (κ3) is 8.08. The summed E-state index contributed by atoms with van der Waals surface area (Å²) in [6.45, 7) is 4.16. The summed E-state index contributed by atoms with van der Waals surface area (Å²) in [6.07, 6.45) is 4.55. The lowest BCUT2D eigenvalue weighted by atomic mass is 10.3. The number of unbranched alkanes of at least 4 members (excludes halogenated alkanes) is 1. The van der Waals surface area contributed by atoms with E-state index in [2.05, 4.69) is 32.6 Å². The van der Waals surface area contributed by atoms with Gasteiger partial charge in [0.05, 0.1) is 11.9 Å². The van der Waals surface area contributed by atoms with Crippen molar-refractivity contribution in [2.45, 2.75) is 26.2 Å². The van der Waals surface area contributed by atoms with Gasteiger partial charge in [-0.25, -0.2) is 0 Å². The van der Waals surface area contributed by atoms with Gasteiger partial charge in [-0.05, 0) is 32.2 Å². The molecule has 0 saturated heterocycles. The molecule has 1 aromatic heterocycles. The summed E-state index contributed by atoms with van der Waals surface area (Å²) in [6, 6.07) is 0. The van der Waals surface area contributed by atoms with Gasteiger partial charge in [0.1, 0.15) is 6.61 Å². The first-order valence-corrected chi connectivity index (χ1v) is 6.41. The molecular weight excluding hydrogens is 244 g/mol. The molecule has 0 spiro atoms. The fraction of sp³-hybridized carbons (Fsp3) is 0.615. The SMILES string of the molecule is CC#CC(=O)COCCCCNCCc1cn[nH]n1. The Balaban J connectivity index is 1.83. The summed E-state index contributed by atoms with van der Waals surface area (Å²) in [4.78, 5) is 11.0. The van der Waals surface area contributed by atoms with E-state index in [9.17, 15) is 4.79 Å². The Bertz CT molecular complexity index is 406. The van der Waals surface area contributed by atoms with Crippen molar-refractivity contribution < 1.29 is 9.53 Å². The van der Waals surface area contributed by atoms with E-state index in [0.717, 1.165) is 38.0 Å². The molecule has 0 bridgehead atoms. The molecule has 0 saturated carbocycles. The van der Waals surface area contributed by atoms with Crippen molar-refractivity contribution >= 4 is 5.78 Å². The fourth-order valence-corrected chi connectivity index (χ4v) is 1.48. The van der Waals surface area contributed by atoms with Crippen LogP contribution in [0, 0.1) is 11.8 Å². The van der Waals surface area contributed by atoms with Crippen molar-refractivity contribution in [1.82, 2.24) is 20.7 Å². The lowest BCUT2D eigenvalue weighted by Gasteiger charge is -2.03. The number of carbonyl (C=O) groups is 1. The van der Waals surface area contributed by atoms with Crippen LogP contribution in [-0.4, -0.2) is 47.5 Å². The van der Waals surface area contributed by atoms with Crippen LogP contribution < -0.4 is 5.32 Å². The number of aromatic amines is 1. The highest BCUT2D eigenvalue weighted by Gasteiger charge is 1.97. The van der Waals surface area contributed by atoms with Crippen molar-refractivity contribution in [2.24, 2.45) is 0 Å². The first-order chi connectivity index (χ1) is 9.33. The number of carbonyl (C=O) groups excluding carboxylic acids is 1. The van der Waals surface area contributed by atoms with Crippen LogP contribution in [0.15, 0.2) is 6.20 Å². The van der Waals surface area contributed by atoms with E-state index in [1.54, 1.807) is 13.1 Å². The van der Waals surface area contributed by atoms with E-state index in [-0.39, 0.29) is 12.4 Å². The zero-order chi connectivity index (χ0) is 13.8. The Morgan fingerprint density at radius 3 is 3.11 bits per heavy atom. The second-order valence-electron chi connectivity index (χ2n) is 4.02. The van der Waals surface area contributed by atoms with Crippen LogP contribution in [0.25, 0.3) is 0 Å². The van der Waals surface area contributed by atoms with Crippen LogP contribution in [0.5, 0.6) is 0 Å². The second kappa shape index (κ2) is 10.2. The number of rotatable bonds is 10. The lowest BCUT2D eigenvalue weighted by Crippen LogP contribution is -2.19. The summed E-state index contributed by atoms with van der Waals surface area (Å²) in [5, 5.41) is 13.6. The molecule has 0 aliphatic rings. The van der Waals surface area contributed by atoms with Crippen molar-refractivity contribution in [3.63, 3.8) is 0 Å². The summed E-state index contributed by atoms with van der Waals surface area (Å²) < 4.78 is 5.21. The molecule has 0 amide bonds. The van der Waals surface area contributed by atoms with Gasteiger partial charge < -0.3 is 10.1 Å². The molecule has 6 nitrogen and oxygen atoms in total. The maximum Gasteiger partial charge on any atom is 0.231 e. The molecule has 0 aromatic carbocycles. The van der Waals surface area contributed by atoms with E-state index >= 15 is 0 Å². The first-order valence-electron chi connectivity index (χ1n) is 6.41. The summed E-state index contributed by atoms with van der Waals surface area (Å²) in [5.41, 5.74) is 0.964. The fourth-order valence-electron chi connectivity index (χ4n) is 1.48. The Morgan fingerprint density at radius 2 is 2.37 bits per heavy atom. The summed E-state index contributed by atoms with van der Waals surface area (Å²) >= 11 is 0. The number of hydrogen-bond acceptors (Lipinski definition) is 5. The van der Waals surface area contributed by atoms with Crippen LogP contribution in [0.2, 0.25) is 0 Å². The molecule has 1 aromatic rings. The lowest BCUT2D eigenvalue weighted by molar-refractivity contribution is -0.118. The molecular formula is C13H20N4O2. The Kier molecular flexibility index (Phi) is 8.27. The number of hydrogen-bond donors (Lipinski definition) is 2. The zero-order valence-electron chi connectivity index (χ0n) is 11.2. The van der Waals surface area contributed by atoms with Crippen molar-refractivity contribution in [2.75, 3.05) is 26.3 Å².